The van der Waals surface area contributed by atoms with E-state index < -0.39 is 5.66 Å². The molecule has 1 saturated carbocycles. The first kappa shape index (κ1) is 29.3. The van der Waals surface area contributed by atoms with Crippen LogP contribution >= 0.6 is 11.9 Å². The highest BCUT2D eigenvalue weighted by Crippen LogP contribution is 2.48. The molecule has 0 spiro atoms. The number of anilines is 1. The largest absolute Gasteiger partial charge is 0.492 e. The molecule has 1 aromatic heterocycles. The van der Waals surface area contributed by atoms with Crippen LogP contribution in [0.1, 0.15) is 78.2 Å². The maximum atomic E-state index is 14.9. The maximum Gasteiger partial charge on any atom is 0.349 e. The van der Waals surface area contributed by atoms with Crippen molar-refractivity contribution < 1.29 is 13.9 Å². The third-order valence-corrected chi connectivity index (χ3v) is 9.89. The Morgan fingerprint density at radius 1 is 1.10 bits per heavy atom. The van der Waals surface area contributed by atoms with E-state index in [1.54, 1.807) is 21.4 Å². The smallest absolute Gasteiger partial charge is 0.349 e. The van der Waals surface area contributed by atoms with Crippen molar-refractivity contribution in [3.05, 3.63) is 47.8 Å². The monoisotopic (exact) mass is 593 g/mol. The highest BCUT2D eigenvalue weighted by atomic mass is 32.2. The number of carbonyl (C=O) groups is 1. The van der Waals surface area contributed by atoms with Gasteiger partial charge in [-0.1, -0.05) is 39.2 Å². The minimum atomic E-state index is -0.587. The summed E-state index contributed by atoms with van der Waals surface area (Å²) in [7, 11) is 1.84. The second-order valence-electron chi connectivity index (χ2n) is 13.1. The van der Waals surface area contributed by atoms with Crippen molar-refractivity contribution in [2.24, 2.45) is 5.92 Å². The predicted octanol–water partition coefficient (Wildman–Crippen LogP) is 7.65. The van der Waals surface area contributed by atoms with Crippen molar-refractivity contribution in [1.82, 2.24) is 19.7 Å². The number of fused-ring (bicyclic) bond motifs is 4. The quantitative estimate of drug-likeness (QED) is 0.306. The van der Waals surface area contributed by atoms with Crippen molar-refractivity contribution in [3.8, 4) is 17.0 Å². The number of hydrogen-bond acceptors (Lipinski definition) is 5. The fourth-order valence-corrected chi connectivity index (χ4v) is 7.92. The Labute approximate surface area is 253 Å². The zero-order valence-electron chi connectivity index (χ0n) is 25.7. The number of carbonyl (C=O) groups excluding carboxylic acids is 1. The minimum absolute atomic E-state index is 0.0422. The van der Waals surface area contributed by atoms with E-state index in [1.165, 1.54) is 48.2 Å². The number of hydrogen-bond donors (Lipinski definition) is 2. The van der Waals surface area contributed by atoms with Crippen LogP contribution in [0, 0.1) is 11.7 Å². The first-order valence-electron chi connectivity index (χ1n) is 15.4. The number of benzene rings is 2. The fraction of sp³-hybridized carbons (Fsp3) is 0.545. The van der Waals surface area contributed by atoms with Crippen LogP contribution in [0.25, 0.3) is 22.2 Å². The lowest BCUT2D eigenvalue weighted by molar-refractivity contribution is 0.137. The summed E-state index contributed by atoms with van der Waals surface area (Å²) in [6, 6.07) is 11.2. The van der Waals surface area contributed by atoms with Gasteiger partial charge in [0, 0.05) is 47.4 Å². The van der Waals surface area contributed by atoms with Crippen LogP contribution in [0.4, 0.5) is 14.9 Å². The normalized spacial score (nSPS) is 23.3. The van der Waals surface area contributed by atoms with Gasteiger partial charge in [0.2, 0.25) is 0 Å². The molecule has 1 fully saturated rings. The Balaban J connectivity index is 1.62. The molecule has 42 heavy (non-hydrogen) atoms. The molecule has 3 heterocycles. The van der Waals surface area contributed by atoms with Gasteiger partial charge in [-0.15, -0.1) is 0 Å². The lowest BCUT2D eigenvalue weighted by Gasteiger charge is -2.39. The van der Waals surface area contributed by atoms with Gasteiger partial charge in [-0.25, -0.2) is 14.6 Å². The molecule has 9 heteroatoms. The van der Waals surface area contributed by atoms with Gasteiger partial charge < -0.3 is 9.30 Å². The SMILES string of the molecule is CC(C)SN1NC(C)(C)NC(C)[C@@H]2COc3ccc(F)cc3-c3c(C4CCCCC4)c4ccc(cc4n3C2)N(C)C1=O. The van der Waals surface area contributed by atoms with Crippen molar-refractivity contribution in [2.45, 2.75) is 96.1 Å². The first-order valence-corrected chi connectivity index (χ1v) is 16.2. The molecule has 0 radical (unpaired) electrons. The van der Waals surface area contributed by atoms with Gasteiger partial charge in [0.25, 0.3) is 0 Å². The predicted molar refractivity (Wildman–Crippen MR) is 170 cm³/mol. The average molecular weight is 594 g/mol. The highest BCUT2D eigenvalue weighted by Gasteiger charge is 2.36. The molecule has 226 valence electrons. The number of aromatic nitrogens is 1. The second kappa shape index (κ2) is 11.4. The van der Waals surface area contributed by atoms with E-state index in [0.717, 1.165) is 41.1 Å². The second-order valence-corrected chi connectivity index (χ2v) is 14.6. The van der Waals surface area contributed by atoms with Crippen LogP contribution in [-0.2, 0) is 6.54 Å². The minimum Gasteiger partial charge on any atom is -0.492 e. The van der Waals surface area contributed by atoms with E-state index in [0.29, 0.717) is 19.1 Å². The number of halogens is 1. The molecular weight excluding hydrogens is 549 g/mol. The molecule has 2 atom stereocenters. The molecule has 2 amide bonds. The molecule has 7 nitrogen and oxygen atoms in total. The van der Waals surface area contributed by atoms with E-state index in [4.69, 9.17) is 4.74 Å². The third-order valence-electron chi connectivity index (χ3n) is 9.01. The van der Waals surface area contributed by atoms with Gasteiger partial charge in [0.1, 0.15) is 11.6 Å². The summed E-state index contributed by atoms with van der Waals surface area (Å²) < 4.78 is 25.5. The van der Waals surface area contributed by atoms with Crippen molar-refractivity contribution in [1.29, 1.82) is 0 Å². The Morgan fingerprint density at radius 3 is 2.60 bits per heavy atom. The summed E-state index contributed by atoms with van der Waals surface area (Å²) in [6.07, 6.45) is 5.91. The average Bonchev–Trinajstić information content (AvgIpc) is 3.25. The Bertz CT molecular complexity index is 1480. The number of nitrogens with zero attached hydrogens (tertiary/aromatic N) is 3. The summed E-state index contributed by atoms with van der Waals surface area (Å²) in [5.74, 6) is 0.973. The van der Waals surface area contributed by atoms with Crippen molar-refractivity contribution in [2.75, 3.05) is 18.6 Å². The molecule has 4 bridgehead atoms. The van der Waals surface area contributed by atoms with Crippen LogP contribution in [0.3, 0.4) is 0 Å². The third kappa shape index (κ3) is 5.51. The highest BCUT2D eigenvalue weighted by molar-refractivity contribution is 7.98. The van der Waals surface area contributed by atoms with Crippen LogP contribution in [-0.4, -0.2) is 45.6 Å². The van der Waals surface area contributed by atoms with E-state index in [-0.39, 0.29) is 29.1 Å². The van der Waals surface area contributed by atoms with Crippen molar-refractivity contribution >= 4 is 34.6 Å². The van der Waals surface area contributed by atoms with Crippen LogP contribution in [0.5, 0.6) is 5.75 Å². The molecule has 2 aliphatic heterocycles. The molecule has 2 N–H and O–H groups in total. The van der Waals surface area contributed by atoms with Gasteiger partial charge in [-0.05, 0) is 87.4 Å². The molecule has 1 aliphatic carbocycles. The van der Waals surface area contributed by atoms with E-state index in [1.807, 2.05) is 7.05 Å². The van der Waals surface area contributed by atoms with Crippen LogP contribution in [0.2, 0.25) is 0 Å². The fourth-order valence-electron chi connectivity index (χ4n) is 7.01. The van der Waals surface area contributed by atoms with E-state index in [9.17, 15) is 9.18 Å². The summed E-state index contributed by atoms with van der Waals surface area (Å²) in [4.78, 5) is 15.7. The lowest BCUT2D eigenvalue weighted by Crippen LogP contribution is -2.63. The molecule has 0 saturated heterocycles. The lowest BCUT2D eigenvalue weighted by atomic mass is 9.81. The van der Waals surface area contributed by atoms with Gasteiger partial charge in [-0.3, -0.25) is 10.2 Å². The Hall–Kier alpha value is -2.75. The van der Waals surface area contributed by atoms with Crippen LogP contribution in [0.15, 0.2) is 36.4 Å². The summed E-state index contributed by atoms with van der Waals surface area (Å²) in [6.45, 7) is 11.7. The van der Waals surface area contributed by atoms with Crippen LogP contribution < -0.4 is 20.4 Å². The number of hydrazine groups is 1. The van der Waals surface area contributed by atoms with E-state index >= 15 is 0 Å². The zero-order valence-corrected chi connectivity index (χ0v) is 26.5. The maximum absolute atomic E-state index is 14.9. The number of nitrogens with one attached hydrogen (secondary N) is 2. The topological polar surface area (TPSA) is 61.8 Å². The number of amides is 2. The van der Waals surface area contributed by atoms with E-state index in [2.05, 4.69) is 68.1 Å². The number of rotatable bonds is 3. The molecular formula is C33H44FN5O2S. The summed E-state index contributed by atoms with van der Waals surface area (Å²) >= 11 is 1.47. The van der Waals surface area contributed by atoms with Gasteiger partial charge in [-0.2, -0.15) is 4.41 Å². The van der Waals surface area contributed by atoms with Gasteiger partial charge >= 0.3 is 6.03 Å². The Morgan fingerprint density at radius 2 is 1.86 bits per heavy atom. The number of ether oxygens (including phenoxy) is 1. The molecule has 6 rings (SSSR count). The standard InChI is InChI=1S/C33H44FN5O2S/c1-20(2)42-39-32(40)37(6)25-13-14-26-28(17-25)38-18-23(21(3)35-33(4,5)36-39)19-41-29-15-12-24(34)16-27(29)31(38)30(26)22-10-8-7-9-11-22/h12-17,20-23,35-36H,7-11,18-19H2,1-6H3/t21?,23-/m0/s1. The Kier molecular flexibility index (Phi) is 7.96. The summed E-state index contributed by atoms with van der Waals surface area (Å²) in [5, 5.41) is 5.16. The first-order chi connectivity index (χ1) is 20.0. The molecule has 2 aromatic carbocycles. The number of urea groups is 1. The molecule has 1 unspecified atom stereocenters. The molecule has 3 aliphatic rings. The molecule has 3 aromatic rings. The zero-order chi connectivity index (χ0) is 29.8. The van der Waals surface area contributed by atoms with Crippen molar-refractivity contribution in [3.63, 3.8) is 0 Å². The van der Waals surface area contributed by atoms with Gasteiger partial charge in [0.05, 0.1) is 23.5 Å². The van der Waals surface area contributed by atoms with Gasteiger partial charge in [0.15, 0.2) is 0 Å². The summed E-state index contributed by atoms with van der Waals surface area (Å²) in [5.41, 5.74) is 7.98.